The summed E-state index contributed by atoms with van der Waals surface area (Å²) in [5.74, 6) is -0.370. The van der Waals surface area contributed by atoms with E-state index < -0.39 is 0 Å². The van der Waals surface area contributed by atoms with Crippen molar-refractivity contribution in [3.8, 4) is 5.75 Å². The second-order valence-electron chi connectivity index (χ2n) is 10.2. The van der Waals surface area contributed by atoms with Gasteiger partial charge >= 0.3 is 11.9 Å². The lowest BCUT2D eigenvalue weighted by atomic mass is 9.57. The minimum atomic E-state index is -0.386. The highest BCUT2D eigenvalue weighted by molar-refractivity contribution is 6.42. The van der Waals surface area contributed by atoms with Crippen LogP contribution in [-0.2, 0) is 31.0 Å². The van der Waals surface area contributed by atoms with Gasteiger partial charge in [-0.15, -0.1) is 0 Å². The van der Waals surface area contributed by atoms with Gasteiger partial charge in [-0.25, -0.2) is 0 Å². The number of esters is 2. The van der Waals surface area contributed by atoms with E-state index in [1.54, 1.807) is 24.3 Å². The maximum Gasteiger partial charge on any atom is 0.308 e. The van der Waals surface area contributed by atoms with E-state index in [-0.39, 0.29) is 47.7 Å². The van der Waals surface area contributed by atoms with Crippen molar-refractivity contribution in [3.05, 3.63) is 63.6 Å². The Morgan fingerprint density at radius 2 is 1.86 bits per heavy atom. The fraction of sp³-hybridized carbons (Fsp3) is 0.464. The molecule has 0 aromatic heterocycles. The molecule has 3 unspecified atom stereocenters. The van der Waals surface area contributed by atoms with Gasteiger partial charge in [-0.1, -0.05) is 41.4 Å². The lowest BCUT2D eigenvalue weighted by Crippen LogP contribution is -2.61. The van der Waals surface area contributed by atoms with E-state index in [1.807, 2.05) is 18.2 Å². The van der Waals surface area contributed by atoms with Crippen molar-refractivity contribution in [2.75, 3.05) is 20.1 Å². The smallest absolute Gasteiger partial charge is 0.308 e. The minimum Gasteiger partial charge on any atom is -0.462 e. The summed E-state index contributed by atoms with van der Waals surface area (Å²) in [5.41, 5.74) is 1.41. The number of halogens is 2. The molecule has 4 rings (SSSR count). The zero-order valence-electron chi connectivity index (χ0n) is 21.3. The molecule has 4 atom stereocenters. The number of likely N-dealkylation sites (tertiary alicyclic amines) is 1. The van der Waals surface area contributed by atoms with Crippen LogP contribution < -0.4 is 10.1 Å². The Labute approximate surface area is 227 Å². The van der Waals surface area contributed by atoms with Crippen LogP contribution >= 0.6 is 23.2 Å². The van der Waals surface area contributed by atoms with Gasteiger partial charge in [0.1, 0.15) is 11.9 Å². The lowest BCUT2D eigenvalue weighted by molar-refractivity contribution is -0.157. The summed E-state index contributed by atoms with van der Waals surface area (Å²) in [6, 6.07) is 12.5. The number of benzene rings is 2. The standard InChI is InChI=1S/C28H32Cl2N2O5/c1-17(33)36-22-6-4-5-20(13-22)28-9-10-32(3)16-23(28)26(37-18(2)34)14-21(15-28)31-27(35)12-19-7-8-24(29)25(30)11-19/h4-8,11,13,21,23,26H,9-10,12,14-16H2,1-3H3,(H,31,35)/t21-,23?,26?,28?/m1/s1. The number of amides is 1. The van der Waals surface area contributed by atoms with Gasteiger partial charge in [0, 0.05) is 44.2 Å². The van der Waals surface area contributed by atoms with E-state index in [0.29, 0.717) is 28.6 Å². The van der Waals surface area contributed by atoms with Gasteiger partial charge in [0.05, 0.1) is 16.5 Å². The fourth-order valence-electron chi connectivity index (χ4n) is 5.95. The van der Waals surface area contributed by atoms with Gasteiger partial charge in [0.2, 0.25) is 5.91 Å². The summed E-state index contributed by atoms with van der Waals surface area (Å²) in [6.07, 6.45) is 1.80. The van der Waals surface area contributed by atoms with Crippen molar-refractivity contribution in [2.45, 2.75) is 57.1 Å². The molecule has 2 aromatic rings. The third-order valence-electron chi connectivity index (χ3n) is 7.44. The summed E-state index contributed by atoms with van der Waals surface area (Å²) in [6.45, 7) is 4.40. The molecule has 9 heteroatoms. The highest BCUT2D eigenvalue weighted by Gasteiger charge is 2.53. The molecule has 1 aliphatic heterocycles. The number of piperidine rings is 1. The third kappa shape index (κ3) is 6.46. The Bertz CT molecular complexity index is 1190. The zero-order valence-corrected chi connectivity index (χ0v) is 22.8. The monoisotopic (exact) mass is 546 g/mol. The molecule has 1 saturated heterocycles. The van der Waals surface area contributed by atoms with Gasteiger partial charge in [0.25, 0.3) is 0 Å². The van der Waals surface area contributed by atoms with E-state index in [0.717, 1.165) is 30.6 Å². The maximum atomic E-state index is 13.1. The van der Waals surface area contributed by atoms with Crippen LogP contribution in [0.15, 0.2) is 42.5 Å². The Morgan fingerprint density at radius 1 is 1.08 bits per heavy atom. The molecule has 2 aromatic carbocycles. The second kappa shape index (κ2) is 11.4. The number of carbonyl (C=O) groups is 3. The van der Waals surface area contributed by atoms with Crippen LogP contribution in [0, 0.1) is 5.92 Å². The molecule has 0 bridgehead atoms. The number of rotatable bonds is 6. The van der Waals surface area contributed by atoms with Crippen LogP contribution in [0.4, 0.5) is 0 Å². The van der Waals surface area contributed by atoms with Crippen molar-refractivity contribution in [2.24, 2.45) is 5.92 Å². The van der Waals surface area contributed by atoms with Gasteiger partial charge in [-0.3, -0.25) is 14.4 Å². The number of fused-ring (bicyclic) bond motifs is 1. The van der Waals surface area contributed by atoms with Crippen molar-refractivity contribution in [1.82, 2.24) is 10.2 Å². The largest absolute Gasteiger partial charge is 0.462 e. The van der Waals surface area contributed by atoms with E-state index in [2.05, 4.69) is 17.3 Å². The fourth-order valence-corrected chi connectivity index (χ4v) is 6.27. The zero-order chi connectivity index (χ0) is 26.7. The Kier molecular flexibility index (Phi) is 8.46. The normalized spacial score (nSPS) is 25.6. The van der Waals surface area contributed by atoms with Crippen LogP contribution in [0.2, 0.25) is 10.0 Å². The molecule has 198 valence electrons. The first-order chi connectivity index (χ1) is 17.6. The molecule has 0 spiro atoms. The summed E-state index contributed by atoms with van der Waals surface area (Å²) >= 11 is 12.1. The predicted octanol–water partition coefficient (Wildman–Crippen LogP) is 4.56. The number of ether oxygens (including phenoxy) is 2. The summed E-state index contributed by atoms with van der Waals surface area (Å²) < 4.78 is 11.3. The lowest BCUT2D eigenvalue weighted by Gasteiger charge is -2.55. The van der Waals surface area contributed by atoms with Crippen LogP contribution in [0.1, 0.15) is 44.2 Å². The Balaban J connectivity index is 1.64. The van der Waals surface area contributed by atoms with E-state index >= 15 is 0 Å². The van der Waals surface area contributed by atoms with E-state index in [9.17, 15) is 14.4 Å². The number of nitrogens with zero attached hydrogens (tertiary/aromatic N) is 1. The first kappa shape index (κ1) is 27.4. The van der Waals surface area contributed by atoms with Crippen molar-refractivity contribution < 1.29 is 23.9 Å². The number of hydrogen-bond donors (Lipinski definition) is 1. The van der Waals surface area contributed by atoms with Gasteiger partial charge in [-0.2, -0.15) is 0 Å². The SMILES string of the molecule is CC(=O)Oc1cccc(C23CCN(C)CC2C(OC(C)=O)C[C@@H](NC(=O)Cc2ccc(Cl)c(Cl)c2)C3)c1. The first-order valence-corrected chi connectivity index (χ1v) is 13.2. The molecule has 1 amide bonds. The highest BCUT2D eigenvalue weighted by Crippen LogP contribution is 2.50. The van der Waals surface area contributed by atoms with E-state index in [4.69, 9.17) is 32.7 Å². The van der Waals surface area contributed by atoms with Crippen LogP contribution in [-0.4, -0.2) is 55.0 Å². The van der Waals surface area contributed by atoms with Gasteiger partial charge in [0.15, 0.2) is 0 Å². The maximum absolute atomic E-state index is 13.1. The van der Waals surface area contributed by atoms with Gasteiger partial charge in [-0.05, 0) is 61.8 Å². The molecule has 1 heterocycles. The minimum absolute atomic E-state index is 0.0194. The molecular weight excluding hydrogens is 515 g/mol. The van der Waals surface area contributed by atoms with Crippen LogP contribution in [0.25, 0.3) is 0 Å². The summed E-state index contributed by atoms with van der Waals surface area (Å²) in [5, 5.41) is 4.03. The second-order valence-corrected chi connectivity index (χ2v) is 11.0. The van der Waals surface area contributed by atoms with Crippen molar-refractivity contribution in [1.29, 1.82) is 0 Å². The molecule has 37 heavy (non-hydrogen) atoms. The quantitative estimate of drug-likeness (QED) is 0.422. The average molecular weight is 547 g/mol. The molecule has 1 saturated carbocycles. The number of nitrogens with one attached hydrogen (secondary N) is 1. The molecule has 1 aliphatic carbocycles. The van der Waals surface area contributed by atoms with Crippen LogP contribution in [0.5, 0.6) is 5.75 Å². The van der Waals surface area contributed by atoms with Gasteiger partial charge < -0.3 is 19.7 Å². The topological polar surface area (TPSA) is 84.9 Å². The highest BCUT2D eigenvalue weighted by atomic mass is 35.5. The third-order valence-corrected chi connectivity index (χ3v) is 8.17. The Hall–Kier alpha value is -2.61. The van der Waals surface area contributed by atoms with Crippen LogP contribution in [0.3, 0.4) is 0 Å². The summed E-state index contributed by atoms with van der Waals surface area (Å²) in [7, 11) is 2.06. The predicted molar refractivity (Wildman–Crippen MR) is 142 cm³/mol. The molecule has 2 fully saturated rings. The molecule has 0 radical (unpaired) electrons. The Morgan fingerprint density at radius 3 is 2.57 bits per heavy atom. The number of carbonyl (C=O) groups excluding carboxylic acids is 3. The average Bonchev–Trinajstić information content (AvgIpc) is 2.81. The van der Waals surface area contributed by atoms with E-state index in [1.165, 1.54) is 13.8 Å². The van der Waals surface area contributed by atoms with Crippen molar-refractivity contribution >= 4 is 41.0 Å². The summed E-state index contributed by atoms with van der Waals surface area (Å²) in [4.78, 5) is 39.0. The molecular formula is C28H32Cl2N2O5. The molecule has 1 N–H and O–H groups in total. The van der Waals surface area contributed by atoms with Crippen molar-refractivity contribution in [3.63, 3.8) is 0 Å². The molecule has 7 nitrogen and oxygen atoms in total. The number of hydrogen-bond acceptors (Lipinski definition) is 6. The first-order valence-electron chi connectivity index (χ1n) is 12.4. The molecule has 2 aliphatic rings.